The first-order valence-corrected chi connectivity index (χ1v) is 12.7. The monoisotopic (exact) mass is 490 g/mol. The van der Waals surface area contributed by atoms with Crippen molar-refractivity contribution in [1.82, 2.24) is 19.4 Å². The van der Waals surface area contributed by atoms with Gasteiger partial charge in [0.15, 0.2) is 5.78 Å². The Morgan fingerprint density at radius 3 is 2.34 bits per heavy atom. The highest BCUT2D eigenvalue weighted by atomic mass is 32.1. The van der Waals surface area contributed by atoms with E-state index in [1.165, 1.54) is 16.2 Å². The minimum absolute atomic E-state index is 0.0804. The van der Waals surface area contributed by atoms with Crippen molar-refractivity contribution in [2.75, 3.05) is 13.1 Å². The standard InChI is InChI=1S/C26H26N4O4S/c31-21(22-8-4-16-35-22)7-3-9-23(32)28-13-10-18(11-14-28)24-27-12-15-29(24)17-30-25(33)19-5-1-2-6-20(19)26(30)34/h1-2,4-6,8,12,15-16,18H,3,7,9-11,13-14,17H2. The lowest BCUT2D eigenvalue weighted by Gasteiger charge is -2.32. The largest absolute Gasteiger partial charge is 0.343 e. The molecule has 0 radical (unpaired) electrons. The van der Waals surface area contributed by atoms with E-state index in [0.29, 0.717) is 43.5 Å². The summed E-state index contributed by atoms with van der Waals surface area (Å²) in [7, 11) is 0. The maximum absolute atomic E-state index is 12.7. The molecule has 2 aromatic heterocycles. The van der Waals surface area contributed by atoms with Gasteiger partial charge in [-0.1, -0.05) is 18.2 Å². The average molecular weight is 491 g/mol. The van der Waals surface area contributed by atoms with Gasteiger partial charge in [-0.3, -0.25) is 24.1 Å². The third-order valence-electron chi connectivity index (χ3n) is 6.72. The molecule has 1 saturated heterocycles. The summed E-state index contributed by atoms with van der Waals surface area (Å²) in [5.41, 5.74) is 0.867. The summed E-state index contributed by atoms with van der Waals surface area (Å²) in [6.07, 6.45) is 6.32. The van der Waals surface area contributed by atoms with Crippen LogP contribution in [-0.2, 0) is 11.5 Å². The number of imidazole rings is 1. The first kappa shape index (κ1) is 23.2. The van der Waals surface area contributed by atoms with Gasteiger partial charge in [0.05, 0.1) is 16.0 Å². The van der Waals surface area contributed by atoms with Crippen LogP contribution in [0.15, 0.2) is 54.2 Å². The fraction of sp³-hybridized carbons (Fsp3) is 0.346. The molecular weight excluding hydrogens is 464 g/mol. The maximum atomic E-state index is 12.7. The van der Waals surface area contributed by atoms with Crippen LogP contribution in [0.5, 0.6) is 0 Å². The quantitative estimate of drug-likeness (QED) is 0.352. The number of thiophene rings is 1. The summed E-state index contributed by atoms with van der Waals surface area (Å²) in [6.45, 7) is 1.38. The SMILES string of the molecule is O=C(CCCC(=O)N1CCC(c2nccn2CN2C(=O)c3ccccc3C2=O)CC1)c1cccs1. The topological polar surface area (TPSA) is 92.6 Å². The van der Waals surface area contributed by atoms with Gasteiger partial charge in [-0.15, -0.1) is 11.3 Å². The van der Waals surface area contributed by atoms with Gasteiger partial charge >= 0.3 is 0 Å². The zero-order valence-electron chi connectivity index (χ0n) is 19.3. The average Bonchev–Trinajstić information content (AvgIpc) is 3.63. The number of amides is 3. The third-order valence-corrected chi connectivity index (χ3v) is 7.63. The number of Topliss-reactive ketones (excluding diaryl/α,β-unsaturated/α-hetero) is 1. The molecule has 3 aromatic rings. The molecule has 0 N–H and O–H groups in total. The van der Waals surface area contributed by atoms with Crippen LogP contribution in [0.3, 0.4) is 0 Å². The van der Waals surface area contributed by atoms with Crippen molar-refractivity contribution in [2.24, 2.45) is 0 Å². The Hall–Kier alpha value is -3.59. The van der Waals surface area contributed by atoms with E-state index < -0.39 is 0 Å². The van der Waals surface area contributed by atoms with Crippen molar-refractivity contribution in [3.63, 3.8) is 0 Å². The summed E-state index contributed by atoms with van der Waals surface area (Å²) in [5, 5.41) is 1.88. The Morgan fingerprint density at radius 1 is 0.971 bits per heavy atom. The first-order chi connectivity index (χ1) is 17.0. The first-order valence-electron chi connectivity index (χ1n) is 11.8. The highest BCUT2D eigenvalue weighted by Crippen LogP contribution is 2.29. The van der Waals surface area contributed by atoms with Crippen molar-refractivity contribution in [3.05, 3.63) is 76.0 Å². The van der Waals surface area contributed by atoms with E-state index in [4.69, 9.17) is 0 Å². The van der Waals surface area contributed by atoms with Crippen LogP contribution in [-0.4, -0.2) is 55.9 Å². The number of likely N-dealkylation sites (tertiary alicyclic amines) is 1. The van der Waals surface area contributed by atoms with Gasteiger partial charge in [-0.2, -0.15) is 0 Å². The summed E-state index contributed by atoms with van der Waals surface area (Å²) < 4.78 is 1.86. The van der Waals surface area contributed by atoms with Gasteiger partial charge in [0.25, 0.3) is 11.8 Å². The van der Waals surface area contributed by atoms with Crippen LogP contribution < -0.4 is 0 Å². The summed E-state index contributed by atoms with van der Waals surface area (Å²) >= 11 is 1.43. The fourth-order valence-electron chi connectivity index (χ4n) is 4.83. The third kappa shape index (κ3) is 4.68. The number of rotatable bonds is 8. The van der Waals surface area contributed by atoms with Crippen molar-refractivity contribution < 1.29 is 19.2 Å². The minimum Gasteiger partial charge on any atom is -0.343 e. The Kier molecular flexibility index (Phi) is 6.59. The van der Waals surface area contributed by atoms with Gasteiger partial charge in [0, 0.05) is 44.2 Å². The van der Waals surface area contributed by atoms with Crippen molar-refractivity contribution >= 4 is 34.8 Å². The van der Waals surface area contributed by atoms with Crippen LogP contribution >= 0.6 is 11.3 Å². The van der Waals surface area contributed by atoms with Crippen LogP contribution in [0.2, 0.25) is 0 Å². The lowest BCUT2D eigenvalue weighted by atomic mass is 9.95. The van der Waals surface area contributed by atoms with E-state index in [9.17, 15) is 19.2 Å². The molecule has 0 saturated carbocycles. The smallest absolute Gasteiger partial charge is 0.263 e. The number of benzene rings is 1. The highest BCUT2D eigenvalue weighted by Gasteiger charge is 2.36. The highest BCUT2D eigenvalue weighted by molar-refractivity contribution is 7.12. The van der Waals surface area contributed by atoms with E-state index in [1.807, 2.05) is 27.0 Å². The molecule has 0 bridgehead atoms. The van der Waals surface area contributed by atoms with Gasteiger partial charge in [0.2, 0.25) is 5.91 Å². The zero-order chi connectivity index (χ0) is 24.4. The summed E-state index contributed by atoms with van der Waals surface area (Å²) in [4.78, 5) is 58.6. The number of nitrogens with zero attached hydrogens (tertiary/aromatic N) is 4. The lowest BCUT2D eigenvalue weighted by Crippen LogP contribution is -2.39. The summed E-state index contributed by atoms with van der Waals surface area (Å²) in [6, 6.07) is 10.5. The zero-order valence-corrected chi connectivity index (χ0v) is 20.1. The molecule has 0 atom stereocenters. The number of hydrogen-bond donors (Lipinski definition) is 0. The van der Waals surface area contributed by atoms with E-state index >= 15 is 0 Å². The van der Waals surface area contributed by atoms with E-state index in [2.05, 4.69) is 4.98 Å². The second-order valence-corrected chi connectivity index (χ2v) is 9.84. The van der Waals surface area contributed by atoms with E-state index in [-0.39, 0.29) is 36.1 Å². The molecule has 35 heavy (non-hydrogen) atoms. The van der Waals surface area contributed by atoms with Crippen LogP contribution in [0.1, 0.15) is 74.2 Å². The van der Waals surface area contributed by atoms with E-state index in [0.717, 1.165) is 23.5 Å². The molecule has 2 aliphatic rings. The molecule has 5 rings (SSSR count). The molecule has 9 heteroatoms. The number of aromatic nitrogens is 2. The number of fused-ring (bicyclic) bond motifs is 1. The normalized spacial score (nSPS) is 16.1. The fourth-order valence-corrected chi connectivity index (χ4v) is 5.52. The molecule has 180 valence electrons. The second kappa shape index (κ2) is 9.95. The molecule has 2 aliphatic heterocycles. The van der Waals surface area contributed by atoms with Gasteiger partial charge in [-0.05, 0) is 42.8 Å². The van der Waals surface area contributed by atoms with Gasteiger partial charge in [-0.25, -0.2) is 4.98 Å². The molecule has 4 heterocycles. The second-order valence-electron chi connectivity index (χ2n) is 8.89. The van der Waals surface area contributed by atoms with Crippen molar-refractivity contribution in [3.8, 4) is 0 Å². The molecular formula is C26H26N4O4S. The molecule has 1 aromatic carbocycles. The molecule has 3 amide bonds. The number of ketones is 1. The number of carbonyl (C=O) groups is 4. The Bertz CT molecular complexity index is 1220. The molecule has 8 nitrogen and oxygen atoms in total. The Morgan fingerprint density at radius 2 is 1.69 bits per heavy atom. The molecule has 1 fully saturated rings. The lowest BCUT2D eigenvalue weighted by molar-refractivity contribution is -0.132. The minimum atomic E-state index is -0.289. The van der Waals surface area contributed by atoms with Gasteiger partial charge < -0.3 is 9.47 Å². The van der Waals surface area contributed by atoms with Crippen molar-refractivity contribution in [2.45, 2.75) is 44.7 Å². The maximum Gasteiger partial charge on any atom is 0.263 e. The molecule has 0 unspecified atom stereocenters. The van der Waals surface area contributed by atoms with E-state index in [1.54, 1.807) is 36.7 Å². The van der Waals surface area contributed by atoms with Crippen LogP contribution in [0.4, 0.5) is 0 Å². The molecule has 0 aliphatic carbocycles. The number of piperidine rings is 1. The Balaban J connectivity index is 1.14. The van der Waals surface area contributed by atoms with Crippen LogP contribution in [0.25, 0.3) is 0 Å². The summed E-state index contributed by atoms with van der Waals surface area (Å²) in [5.74, 6) is 0.569. The molecule has 0 spiro atoms. The predicted octanol–water partition coefficient (Wildman–Crippen LogP) is 3.96. The van der Waals surface area contributed by atoms with Crippen molar-refractivity contribution in [1.29, 1.82) is 0 Å². The number of imide groups is 1. The predicted molar refractivity (Wildman–Crippen MR) is 130 cm³/mol. The Labute approximate surface area is 207 Å². The number of hydrogen-bond acceptors (Lipinski definition) is 6. The van der Waals surface area contributed by atoms with Crippen LogP contribution in [0, 0.1) is 0 Å². The van der Waals surface area contributed by atoms with Gasteiger partial charge in [0.1, 0.15) is 12.5 Å². The number of carbonyl (C=O) groups excluding carboxylic acids is 4.